The summed E-state index contributed by atoms with van der Waals surface area (Å²) in [5.74, 6) is -0.0371. The summed E-state index contributed by atoms with van der Waals surface area (Å²) in [5, 5.41) is 10.9. The predicted octanol–water partition coefficient (Wildman–Crippen LogP) is 2.35. The number of carbonyl (C=O) groups is 1. The van der Waals surface area contributed by atoms with Gasteiger partial charge in [0, 0.05) is 42.9 Å². The summed E-state index contributed by atoms with van der Waals surface area (Å²) < 4.78 is 0. The molecule has 0 saturated heterocycles. The van der Waals surface area contributed by atoms with E-state index in [-0.39, 0.29) is 12.5 Å². The van der Waals surface area contributed by atoms with Gasteiger partial charge in [-0.05, 0) is 35.2 Å². The highest BCUT2D eigenvalue weighted by Crippen LogP contribution is 2.16. The minimum atomic E-state index is -0.0371. The molecule has 2 aromatic rings. The summed E-state index contributed by atoms with van der Waals surface area (Å²) in [6.07, 6.45) is 5.84. The van der Waals surface area contributed by atoms with Crippen LogP contribution in [0.4, 0.5) is 0 Å². The number of carbonyl (C=O) groups excluding carboxylic acids is 1. The lowest BCUT2D eigenvalue weighted by atomic mass is 10.2. The van der Waals surface area contributed by atoms with Crippen molar-refractivity contribution in [2.24, 2.45) is 0 Å². The number of pyridine rings is 1. The van der Waals surface area contributed by atoms with Gasteiger partial charge in [0.2, 0.25) is 5.91 Å². The van der Waals surface area contributed by atoms with Crippen molar-refractivity contribution in [3.05, 3.63) is 58.1 Å². The molecule has 2 rings (SSSR count). The molecule has 0 aromatic carbocycles. The van der Waals surface area contributed by atoms with E-state index in [0.717, 1.165) is 22.6 Å². The van der Waals surface area contributed by atoms with Crippen molar-refractivity contribution < 1.29 is 9.90 Å². The van der Waals surface area contributed by atoms with E-state index in [1.54, 1.807) is 30.3 Å². The molecule has 1 amide bonds. The van der Waals surface area contributed by atoms with Crippen LogP contribution in [0.2, 0.25) is 0 Å². The lowest BCUT2D eigenvalue weighted by Gasteiger charge is -2.14. The van der Waals surface area contributed by atoms with Crippen molar-refractivity contribution >= 4 is 23.3 Å². The number of rotatable bonds is 6. The van der Waals surface area contributed by atoms with Gasteiger partial charge in [0.15, 0.2) is 0 Å². The molecule has 0 unspecified atom stereocenters. The topological polar surface area (TPSA) is 53.4 Å². The summed E-state index contributed by atoms with van der Waals surface area (Å²) in [6.45, 7) is 0.661. The zero-order valence-corrected chi connectivity index (χ0v) is 12.7. The highest BCUT2D eigenvalue weighted by atomic mass is 32.1. The van der Waals surface area contributed by atoms with Gasteiger partial charge >= 0.3 is 0 Å². The number of likely N-dealkylation sites (N-methyl/N-ethyl adjacent to an activating group) is 1. The molecule has 0 aliphatic carbocycles. The van der Waals surface area contributed by atoms with Crippen molar-refractivity contribution in [3.8, 4) is 0 Å². The zero-order valence-electron chi connectivity index (χ0n) is 11.9. The van der Waals surface area contributed by atoms with Crippen LogP contribution < -0.4 is 0 Å². The van der Waals surface area contributed by atoms with Crippen molar-refractivity contribution in [2.75, 3.05) is 13.6 Å². The summed E-state index contributed by atoms with van der Waals surface area (Å²) in [6, 6.07) is 7.65. The van der Waals surface area contributed by atoms with Crippen LogP contribution in [0.15, 0.2) is 41.9 Å². The van der Waals surface area contributed by atoms with E-state index < -0.39 is 0 Å². The van der Waals surface area contributed by atoms with Gasteiger partial charge in [-0.25, -0.2) is 0 Å². The van der Waals surface area contributed by atoms with Gasteiger partial charge in [0.1, 0.15) is 0 Å². The van der Waals surface area contributed by atoms with Gasteiger partial charge in [-0.15, -0.1) is 11.3 Å². The number of amides is 1. The van der Waals surface area contributed by atoms with E-state index in [0.29, 0.717) is 6.54 Å². The van der Waals surface area contributed by atoms with Gasteiger partial charge in [0.25, 0.3) is 0 Å². The number of nitrogens with zero attached hydrogens (tertiary/aromatic N) is 2. The molecule has 0 radical (unpaired) electrons. The summed E-state index contributed by atoms with van der Waals surface area (Å²) in [4.78, 5) is 18.9. The highest BCUT2D eigenvalue weighted by molar-refractivity contribution is 7.11. The SMILES string of the molecule is CN(CCc1ccccn1)C(=O)C=Cc1cc(CO)cs1. The molecule has 1 N–H and O–H groups in total. The van der Waals surface area contributed by atoms with Gasteiger partial charge < -0.3 is 10.0 Å². The Kier molecular flexibility index (Phi) is 5.66. The monoisotopic (exact) mass is 302 g/mol. The van der Waals surface area contributed by atoms with Gasteiger partial charge in [-0.2, -0.15) is 0 Å². The van der Waals surface area contributed by atoms with Crippen LogP contribution in [-0.2, 0) is 17.8 Å². The fourth-order valence-corrected chi connectivity index (χ4v) is 2.58. The third kappa shape index (κ3) is 4.81. The smallest absolute Gasteiger partial charge is 0.246 e. The maximum Gasteiger partial charge on any atom is 0.246 e. The third-order valence-corrected chi connectivity index (χ3v) is 4.00. The normalized spacial score (nSPS) is 11.0. The zero-order chi connectivity index (χ0) is 15.1. The first kappa shape index (κ1) is 15.4. The first-order chi connectivity index (χ1) is 10.2. The number of aromatic nitrogens is 1. The first-order valence-corrected chi connectivity index (χ1v) is 7.58. The maximum absolute atomic E-state index is 12.0. The molecule has 5 heteroatoms. The summed E-state index contributed by atoms with van der Waals surface area (Å²) >= 11 is 1.51. The van der Waals surface area contributed by atoms with E-state index in [1.165, 1.54) is 11.3 Å². The maximum atomic E-state index is 12.0. The van der Waals surface area contributed by atoms with E-state index in [4.69, 9.17) is 5.11 Å². The van der Waals surface area contributed by atoms with E-state index in [2.05, 4.69) is 4.98 Å². The van der Waals surface area contributed by atoms with Crippen molar-refractivity contribution in [2.45, 2.75) is 13.0 Å². The minimum Gasteiger partial charge on any atom is -0.392 e. The molecule has 4 nitrogen and oxygen atoms in total. The molecule has 0 atom stereocenters. The van der Waals surface area contributed by atoms with Crippen LogP contribution in [0, 0.1) is 0 Å². The Morgan fingerprint density at radius 2 is 2.33 bits per heavy atom. The molecule has 2 aromatic heterocycles. The Balaban J connectivity index is 1.84. The molecule has 0 fully saturated rings. The fraction of sp³-hybridized carbons (Fsp3) is 0.250. The second kappa shape index (κ2) is 7.71. The Morgan fingerprint density at radius 3 is 3.00 bits per heavy atom. The molecule has 0 saturated carbocycles. The first-order valence-electron chi connectivity index (χ1n) is 6.70. The predicted molar refractivity (Wildman–Crippen MR) is 84.9 cm³/mol. The summed E-state index contributed by atoms with van der Waals surface area (Å²) in [7, 11) is 1.78. The van der Waals surface area contributed by atoms with Crippen molar-refractivity contribution in [1.82, 2.24) is 9.88 Å². The van der Waals surface area contributed by atoms with Gasteiger partial charge in [0.05, 0.1) is 6.61 Å². The number of thiophene rings is 1. The Morgan fingerprint density at radius 1 is 1.48 bits per heavy atom. The standard InChI is InChI=1S/C16H18N2O2S/c1-18(9-7-14-4-2-3-8-17-14)16(20)6-5-15-10-13(11-19)12-21-15/h2-6,8,10,12,19H,7,9,11H2,1H3. The average Bonchev–Trinajstić information content (AvgIpc) is 2.99. The molecule has 2 heterocycles. The Labute approximate surface area is 128 Å². The van der Waals surface area contributed by atoms with Crippen molar-refractivity contribution in [1.29, 1.82) is 0 Å². The van der Waals surface area contributed by atoms with Crippen molar-refractivity contribution in [3.63, 3.8) is 0 Å². The highest BCUT2D eigenvalue weighted by Gasteiger charge is 2.05. The molecule has 21 heavy (non-hydrogen) atoms. The van der Waals surface area contributed by atoms with Crippen LogP contribution in [0.25, 0.3) is 6.08 Å². The molecule has 0 aliphatic rings. The number of aliphatic hydroxyl groups excluding tert-OH is 1. The van der Waals surface area contributed by atoms with Crippen LogP contribution >= 0.6 is 11.3 Å². The van der Waals surface area contributed by atoms with Crippen LogP contribution in [0.1, 0.15) is 16.1 Å². The third-order valence-electron chi connectivity index (χ3n) is 3.05. The Hall–Kier alpha value is -1.98. The van der Waals surface area contributed by atoms with Gasteiger partial charge in [-0.1, -0.05) is 6.07 Å². The fourth-order valence-electron chi connectivity index (χ4n) is 1.78. The molecular formula is C16H18N2O2S. The average molecular weight is 302 g/mol. The lowest BCUT2D eigenvalue weighted by Crippen LogP contribution is -2.27. The van der Waals surface area contributed by atoms with Crippen LogP contribution in [-0.4, -0.2) is 34.5 Å². The summed E-state index contributed by atoms with van der Waals surface area (Å²) in [5.41, 5.74) is 1.85. The molecule has 110 valence electrons. The lowest BCUT2D eigenvalue weighted by molar-refractivity contribution is -0.124. The molecule has 0 aliphatic heterocycles. The second-order valence-electron chi connectivity index (χ2n) is 4.68. The second-order valence-corrected chi connectivity index (χ2v) is 5.62. The van der Waals surface area contributed by atoms with E-state index in [1.807, 2.05) is 29.6 Å². The van der Waals surface area contributed by atoms with E-state index >= 15 is 0 Å². The van der Waals surface area contributed by atoms with Crippen LogP contribution in [0.3, 0.4) is 0 Å². The number of hydrogen-bond acceptors (Lipinski definition) is 4. The molecular weight excluding hydrogens is 284 g/mol. The van der Waals surface area contributed by atoms with Gasteiger partial charge in [-0.3, -0.25) is 9.78 Å². The van der Waals surface area contributed by atoms with Crippen LogP contribution in [0.5, 0.6) is 0 Å². The van der Waals surface area contributed by atoms with E-state index in [9.17, 15) is 4.79 Å². The minimum absolute atomic E-state index is 0.0300. The number of aliphatic hydroxyl groups is 1. The Bertz CT molecular complexity index is 608. The number of hydrogen-bond donors (Lipinski definition) is 1. The molecule has 0 spiro atoms. The molecule has 0 bridgehead atoms. The quantitative estimate of drug-likeness (QED) is 0.833. The largest absolute Gasteiger partial charge is 0.392 e.